The zero-order valence-corrected chi connectivity index (χ0v) is 16.2. The van der Waals surface area contributed by atoms with Crippen LogP contribution in [0.2, 0.25) is 15.1 Å². The summed E-state index contributed by atoms with van der Waals surface area (Å²) < 4.78 is 1.87. The molecule has 4 nitrogen and oxygen atoms in total. The van der Waals surface area contributed by atoms with Gasteiger partial charge in [-0.05, 0) is 35.4 Å². The van der Waals surface area contributed by atoms with E-state index in [4.69, 9.17) is 34.8 Å². The number of nitrogens with one attached hydrogen (secondary N) is 1. The summed E-state index contributed by atoms with van der Waals surface area (Å²) in [5, 5.41) is 4.66. The number of carbonyl (C=O) groups excluding carboxylic acids is 1. The van der Waals surface area contributed by atoms with Crippen LogP contribution in [0.15, 0.2) is 54.9 Å². The number of rotatable bonds is 5. The fourth-order valence-electron chi connectivity index (χ4n) is 2.66. The van der Waals surface area contributed by atoms with Crippen molar-refractivity contribution in [3.8, 4) is 0 Å². The van der Waals surface area contributed by atoms with Crippen molar-refractivity contribution in [2.24, 2.45) is 7.05 Å². The number of nitrogens with zero attached hydrogens (tertiary/aromatic N) is 2. The van der Waals surface area contributed by atoms with E-state index in [-0.39, 0.29) is 12.3 Å². The number of carbonyl (C=O) groups is 1. The zero-order chi connectivity index (χ0) is 18.7. The summed E-state index contributed by atoms with van der Waals surface area (Å²) in [6.45, 7) is 0. The molecule has 0 saturated heterocycles. The number of amides is 1. The molecule has 1 heterocycles. The normalized spacial score (nSPS) is 12.0. The second kappa shape index (κ2) is 8.12. The first-order chi connectivity index (χ1) is 12.4. The van der Waals surface area contributed by atoms with E-state index < -0.39 is 6.04 Å². The van der Waals surface area contributed by atoms with Gasteiger partial charge in [-0.2, -0.15) is 0 Å². The number of hydrogen-bond acceptors (Lipinski definition) is 2. The summed E-state index contributed by atoms with van der Waals surface area (Å²) in [6, 6.07) is 12.0. The van der Waals surface area contributed by atoms with Gasteiger partial charge < -0.3 is 9.88 Å². The first-order valence-electron chi connectivity index (χ1n) is 7.90. The largest absolute Gasteiger partial charge is 0.342 e. The van der Waals surface area contributed by atoms with Crippen molar-refractivity contribution < 1.29 is 4.79 Å². The van der Waals surface area contributed by atoms with Crippen molar-refractivity contribution in [1.82, 2.24) is 14.9 Å². The molecule has 1 unspecified atom stereocenters. The Morgan fingerprint density at radius 2 is 1.81 bits per heavy atom. The van der Waals surface area contributed by atoms with E-state index in [2.05, 4.69) is 10.3 Å². The van der Waals surface area contributed by atoms with Crippen LogP contribution in [0.4, 0.5) is 0 Å². The second-order valence-electron chi connectivity index (χ2n) is 5.86. The van der Waals surface area contributed by atoms with E-state index in [1.54, 1.807) is 36.5 Å². The molecule has 2 aromatic carbocycles. The van der Waals surface area contributed by atoms with Gasteiger partial charge in [-0.25, -0.2) is 4.98 Å². The van der Waals surface area contributed by atoms with Gasteiger partial charge in [-0.1, -0.05) is 53.0 Å². The number of halogens is 3. The molecule has 3 rings (SSSR count). The van der Waals surface area contributed by atoms with Crippen LogP contribution in [0.5, 0.6) is 0 Å². The van der Waals surface area contributed by atoms with Gasteiger partial charge in [0.25, 0.3) is 0 Å². The lowest BCUT2D eigenvalue weighted by molar-refractivity contribution is -0.121. The molecule has 1 N–H and O–H groups in total. The van der Waals surface area contributed by atoms with Crippen molar-refractivity contribution in [3.05, 3.63) is 86.9 Å². The monoisotopic (exact) mass is 407 g/mol. The number of imidazole rings is 1. The van der Waals surface area contributed by atoms with E-state index in [1.165, 1.54) is 0 Å². The molecule has 1 atom stereocenters. The molecule has 134 valence electrons. The van der Waals surface area contributed by atoms with Crippen molar-refractivity contribution in [3.63, 3.8) is 0 Å². The maximum atomic E-state index is 12.6. The molecule has 7 heteroatoms. The lowest BCUT2D eigenvalue weighted by Crippen LogP contribution is -2.32. The standard InChI is InChI=1S/C19H16Cl3N3O/c1-25-9-8-23-19(25)18(12-2-5-14(20)6-3-12)24-17(26)10-13-4-7-15(21)11-16(13)22/h2-9,11,18H,10H2,1H3,(H,24,26). The quantitative estimate of drug-likeness (QED) is 0.657. The summed E-state index contributed by atoms with van der Waals surface area (Å²) in [4.78, 5) is 17.0. The van der Waals surface area contributed by atoms with Gasteiger partial charge in [0.1, 0.15) is 11.9 Å². The lowest BCUT2D eigenvalue weighted by Gasteiger charge is -2.19. The number of hydrogen-bond donors (Lipinski definition) is 1. The van der Waals surface area contributed by atoms with Gasteiger partial charge in [0, 0.05) is 34.5 Å². The average molecular weight is 409 g/mol. The SMILES string of the molecule is Cn1ccnc1C(NC(=O)Cc1ccc(Cl)cc1Cl)c1ccc(Cl)cc1. The molecule has 0 spiro atoms. The maximum Gasteiger partial charge on any atom is 0.225 e. The summed E-state index contributed by atoms with van der Waals surface area (Å²) in [5.74, 6) is 0.556. The Hall–Kier alpha value is -2.01. The predicted octanol–water partition coefficient (Wildman–Crippen LogP) is 4.83. The highest BCUT2D eigenvalue weighted by atomic mass is 35.5. The van der Waals surface area contributed by atoms with Crippen LogP contribution >= 0.6 is 34.8 Å². The van der Waals surface area contributed by atoms with Crippen molar-refractivity contribution in [1.29, 1.82) is 0 Å². The van der Waals surface area contributed by atoms with Crippen LogP contribution in [0.25, 0.3) is 0 Å². The molecule has 0 fully saturated rings. The summed E-state index contributed by atoms with van der Waals surface area (Å²) in [5.41, 5.74) is 1.60. The molecule has 0 saturated carbocycles. The Labute approximate surface area is 166 Å². The third kappa shape index (κ3) is 4.39. The molecular weight excluding hydrogens is 393 g/mol. The van der Waals surface area contributed by atoms with Crippen LogP contribution in [-0.4, -0.2) is 15.5 Å². The molecule has 1 amide bonds. The van der Waals surface area contributed by atoms with Crippen molar-refractivity contribution in [2.45, 2.75) is 12.5 Å². The molecular formula is C19H16Cl3N3O. The van der Waals surface area contributed by atoms with Gasteiger partial charge in [0.2, 0.25) is 5.91 Å². The Morgan fingerprint density at radius 1 is 1.12 bits per heavy atom. The smallest absolute Gasteiger partial charge is 0.225 e. The first-order valence-corrected chi connectivity index (χ1v) is 9.03. The minimum atomic E-state index is -0.397. The highest BCUT2D eigenvalue weighted by molar-refractivity contribution is 6.35. The topological polar surface area (TPSA) is 46.9 Å². The third-order valence-corrected chi connectivity index (χ3v) is 4.83. The summed E-state index contributed by atoms with van der Waals surface area (Å²) in [7, 11) is 1.88. The molecule has 0 aliphatic carbocycles. The maximum absolute atomic E-state index is 12.6. The fraction of sp³-hybridized carbons (Fsp3) is 0.158. The molecule has 0 radical (unpaired) electrons. The molecule has 0 aliphatic rings. The minimum Gasteiger partial charge on any atom is -0.342 e. The van der Waals surface area contributed by atoms with E-state index in [1.807, 2.05) is 29.9 Å². The van der Waals surface area contributed by atoms with Gasteiger partial charge >= 0.3 is 0 Å². The number of benzene rings is 2. The Kier molecular flexibility index (Phi) is 5.87. The van der Waals surface area contributed by atoms with Crippen molar-refractivity contribution >= 4 is 40.7 Å². The fourth-order valence-corrected chi connectivity index (χ4v) is 3.26. The molecule has 0 bridgehead atoms. The summed E-state index contributed by atoms with van der Waals surface area (Å²) >= 11 is 18.1. The average Bonchev–Trinajstić information content (AvgIpc) is 3.02. The Morgan fingerprint density at radius 3 is 2.42 bits per heavy atom. The third-order valence-electron chi connectivity index (χ3n) is 3.99. The van der Waals surface area contributed by atoms with Crippen LogP contribution in [0.3, 0.4) is 0 Å². The predicted molar refractivity (Wildman–Crippen MR) is 105 cm³/mol. The van der Waals surface area contributed by atoms with E-state index in [0.717, 1.165) is 11.4 Å². The van der Waals surface area contributed by atoms with Gasteiger partial charge in [0.05, 0.1) is 6.42 Å². The molecule has 1 aromatic heterocycles. The lowest BCUT2D eigenvalue weighted by atomic mass is 10.1. The number of aromatic nitrogens is 2. The van der Waals surface area contributed by atoms with Crippen LogP contribution < -0.4 is 5.32 Å². The van der Waals surface area contributed by atoms with E-state index in [9.17, 15) is 4.79 Å². The molecule has 3 aromatic rings. The minimum absolute atomic E-state index is 0.143. The van der Waals surface area contributed by atoms with Gasteiger partial charge in [-0.3, -0.25) is 4.79 Å². The van der Waals surface area contributed by atoms with Crippen LogP contribution in [0.1, 0.15) is 23.0 Å². The van der Waals surface area contributed by atoms with Crippen LogP contribution in [-0.2, 0) is 18.3 Å². The molecule has 0 aliphatic heterocycles. The highest BCUT2D eigenvalue weighted by Gasteiger charge is 2.21. The Bertz CT molecular complexity index is 922. The van der Waals surface area contributed by atoms with Crippen LogP contribution in [0, 0.1) is 0 Å². The number of aryl methyl sites for hydroxylation is 1. The van der Waals surface area contributed by atoms with Gasteiger partial charge in [-0.15, -0.1) is 0 Å². The van der Waals surface area contributed by atoms with Gasteiger partial charge in [0.15, 0.2) is 0 Å². The second-order valence-corrected chi connectivity index (χ2v) is 7.14. The Balaban J connectivity index is 1.84. The molecule has 26 heavy (non-hydrogen) atoms. The van der Waals surface area contributed by atoms with E-state index >= 15 is 0 Å². The highest BCUT2D eigenvalue weighted by Crippen LogP contribution is 2.24. The zero-order valence-electron chi connectivity index (χ0n) is 13.9. The van der Waals surface area contributed by atoms with E-state index in [0.29, 0.717) is 20.6 Å². The van der Waals surface area contributed by atoms with Crippen molar-refractivity contribution in [2.75, 3.05) is 0 Å². The summed E-state index contributed by atoms with van der Waals surface area (Å²) in [6.07, 6.45) is 3.67. The first kappa shape index (κ1) is 18.8.